The van der Waals surface area contributed by atoms with Gasteiger partial charge in [0.25, 0.3) is 5.91 Å². The van der Waals surface area contributed by atoms with Crippen molar-refractivity contribution in [3.63, 3.8) is 0 Å². The molecule has 144 valence electrons. The van der Waals surface area contributed by atoms with Crippen LogP contribution >= 0.6 is 31.9 Å². The van der Waals surface area contributed by atoms with Crippen LogP contribution < -0.4 is 5.32 Å². The van der Waals surface area contributed by atoms with Crippen molar-refractivity contribution in [2.75, 3.05) is 5.32 Å². The average molecular weight is 516 g/mol. The minimum Gasteiger partial charge on any atom is -0.436 e. The van der Waals surface area contributed by atoms with Crippen LogP contribution in [0.3, 0.4) is 0 Å². The molecule has 29 heavy (non-hydrogen) atoms. The van der Waals surface area contributed by atoms with E-state index in [-0.39, 0.29) is 5.69 Å². The van der Waals surface area contributed by atoms with E-state index in [9.17, 15) is 9.18 Å². The van der Waals surface area contributed by atoms with Crippen LogP contribution in [0.1, 0.15) is 10.4 Å². The number of hydrogen-bond donors (Lipinski definition) is 1. The molecule has 1 amide bonds. The summed E-state index contributed by atoms with van der Waals surface area (Å²) in [6.07, 6.45) is 1.61. The molecule has 4 nitrogen and oxygen atoms in total. The summed E-state index contributed by atoms with van der Waals surface area (Å²) in [5.74, 6) is -0.0873. The zero-order chi connectivity index (χ0) is 20.4. The zero-order valence-corrected chi connectivity index (χ0v) is 18.0. The second-order valence-electron chi connectivity index (χ2n) is 6.16. The molecular formula is C22H13Br2FN2O2. The van der Waals surface area contributed by atoms with Gasteiger partial charge in [0.05, 0.1) is 17.4 Å². The lowest BCUT2D eigenvalue weighted by molar-refractivity contribution is 0.102. The van der Waals surface area contributed by atoms with Gasteiger partial charge in [-0.15, -0.1) is 0 Å². The average Bonchev–Trinajstić information content (AvgIpc) is 3.20. The van der Waals surface area contributed by atoms with E-state index in [1.807, 2.05) is 24.3 Å². The number of aromatic nitrogens is 1. The monoisotopic (exact) mass is 514 g/mol. The Morgan fingerprint density at radius 2 is 1.69 bits per heavy atom. The van der Waals surface area contributed by atoms with E-state index in [0.717, 1.165) is 10.0 Å². The number of carbonyl (C=O) groups is 1. The topological polar surface area (TPSA) is 55.1 Å². The molecule has 4 rings (SSSR count). The SMILES string of the molecule is O=C(Nc1ccc(Br)cc1F)c1ccccc1-c1ncc(-c2ccc(Br)cc2)o1. The molecule has 0 saturated carbocycles. The van der Waals surface area contributed by atoms with Crippen molar-refractivity contribution in [1.29, 1.82) is 0 Å². The predicted molar refractivity (Wildman–Crippen MR) is 117 cm³/mol. The van der Waals surface area contributed by atoms with E-state index in [1.165, 1.54) is 12.1 Å². The van der Waals surface area contributed by atoms with Gasteiger partial charge >= 0.3 is 0 Å². The Hall–Kier alpha value is -2.77. The lowest BCUT2D eigenvalue weighted by Crippen LogP contribution is -2.14. The van der Waals surface area contributed by atoms with Crippen LogP contribution in [0.4, 0.5) is 10.1 Å². The highest BCUT2D eigenvalue weighted by molar-refractivity contribution is 9.10. The standard InChI is InChI=1S/C22H13Br2FN2O2/c23-14-7-5-13(6-8-14)20-12-26-22(29-20)17-4-2-1-3-16(17)21(28)27-19-10-9-15(24)11-18(19)25/h1-12H,(H,27,28). The van der Waals surface area contributed by atoms with Gasteiger partial charge in [-0.05, 0) is 42.5 Å². The number of rotatable bonds is 4. The fourth-order valence-corrected chi connectivity index (χ4v) is 3.39. The Kier molecular flexibility index (Phi) is 5.60. The van der Waals surface area contributed by atoms with Crippen LogP contribution in [0.15, 0.2) is 86.3 Å². The third-order valence-electron chi connectivity index (χ3n) is 4.22. The van der Waals surface area contributed by atoms with Crippen LogP contribution in [0.25, 0.3) is 22.8 Å². The van der Waals surface area contributed by atoms with E-state index < -0.39 is 11.7 Å². The van der Waals surface area contributed by atoms with Crippen LogP contribution in [-0.4, -0.2) is 10.9 Å². The minimum absolute atomic E-state index is 0.0935. The van der Waals surface area contributed by atoms with Crippen molar-refractivity contribution >= 4 is 43.5 Å². The van der Waals surface area contributed by atoms with E-state index in [2.05, 4.69) is 42.2 Å². The van der Waals surface area contributed by atoms with Gasteiger partial charge in [-0.25, -0.2) is 9.37 Å². The van der Waals surface area contributed by atoms with Crippen LogP contribution in [0.5, 0.6) is 0 Å². The van der Waals surface area contributed by atoms with Crippen LogP contribution in [-0.2, 0) is 0 Å². The van der Waals surface area contributed by atoms with Crippen molar-refractivity contribution in [2.24, 2.45) is 0 Å². The highest BCUT2D eigenvalue weighted by Gasteiger charge is 2.18. The molecule has 0 spiro atoms. The molecule has 0 saturated heterocycles. The number of halogens is 3. The zero-order valence-electron chi connectivity index (χ0n) is 14.8. The number of nitrogens with one attached hydrogen (secondary N) is 1. The number of benzene rings is 3. The van der Waals surface area contributed by atoms with Crippen LogP contribution in [0, 0.1) is 5.82 Å². The van der Waals surface area contributed by atoms with Gasteiger partial charge in [-0.1, -0.05) is 56.1 Å². The van der Waals surface area contributed by atoms with Gasteiger partial charge in [0.2, 0.25) is 5.89 Å². The summed E-state index contributed by atoms with van der Waals surface area (Å²) >= 11 is 6.60. The minimum atomic E-state index is -0.529. The third kappa shape index (κ3) is 4.31. The summed E-state index contributed by atoms with van der Waals surface area (Å²) in [5, 5.41) is 2.60. The van der Waals surface area contributed by atoms with E-state index >= 15 is 0 Å². The smallest absolute Gasteiger partial charge is 0.256 e. The largest absolute Gasteiger partial charge is 0.436 e. The highest BCUT2D eigenvalue weighted by atomic mass is 79.9. The molecule has 0 atom stereocenters. The second-order valence-corrected chi connectivity index (χ2v) is 7.99. The lowest BCUT2D eigenvalue weighted by Gasteiger charge is -2.09. The molecule has 0 bridgehead atoms. The van der Waals surface area contributed by atoms with Gasteiger partial charge in [-0.2, -0.15) is 0 Å². The first-order chi connectivity index (χ1) is 14.0. The summed E-state index contributed by atoms with van der Waals surface area (Å²) in [5.41, 5.74) is 1.81. The van der Waals surface area contributed by atoms with Crippen molar-refractivity contribution in [3.05, 3.63) is 93.3 Å². The number of amides is 1. The molecule has 4 aromatic rings. The van der Waals surface area contributed by atoms with Gasteiger partial charge in [0.1, 0.15) is 5.82 Å². The molecule has 3 aromatic carbocycles. The Balaban J connectivity index is 1.65. The number of hydrogen-bond acceptors (Lipinski definition) is 3. The van der Waals surface area contributed by atoms with Crippen molar-refractivity contribution in [2.45, 2.75) is 0 Å². The molecule has 1 N–H and O–H groups in total. The Morgan fingerprint density at radius 1 is 0.966 bits per heavy atom. The Labute approximate surface area is 183 Å². The number of anilines is 1. The van der Waals surface area contributed by atoms with E-state index in [0.29, 0.717) is 27.3 Å². The van der Waals surface area contributed by atoms with Crippen molar-refractivity contribution in [1.82, 2.24) is 4.98 Å². The summed E-state index contributed by atoms with van der Waals surface area (Å²) in [6.45, 7) is 0. The van der Waals surface area contributed by atoms with Crippen molar-refractivity contribution in [3.8, 4) is 22.8 Å². The maximum Gasteiger partial charge on any atom is 0.256 e. The molecule has 1 aromatic heterocycles. The highest BCUT2D eigenvalue weighted by Crippen LogP contribution is 2.29. The van der Waals surface area contributed by atoms with Gasteiger partial charge in [0, 0.05) is 20.1 Å². The summed E-state index contributed by atoms with van der Waals surface area (Å²) in [7, 11) is 0. The molecule has 0 aliphatic carbocycles. The normalized spacial score (nSPS) is 10.7. The van der Waals surface area contributed by atoms with Gasteiger partial charge < -0.3 is 9.73 Å². The fraction of sp³-hybridized carbons (Fsp3) is 0. The van der Waals surface area contributed by atoms with Crippen molar-refractivity contribution < 1.29 is 13.6 Å². The maximum atomic E-state index is 14.1. The summed E-state index contributed by atoms with van der Waals surface area (Å²) < 4.78 is 21.5. The van der Waals surface area contributed by atoms with E-state index in [1.54, 1.807) is 36.5 Å². The quantitative estimate of drug-likeness (QED) is 0.320. The molecule has 7 heteroatoms. The number of carbonyl (C=O) groups excluding carboxylic acids is 1. The van der Waals surface area contributed by atoms with Gasteiger partial charge in [0.15, 0.2) is 5.76 Å². The first-order valence-electron chi connectivity index (χ1n) is 8.59. The van der Waals surface area contributed by atoms with Crippen LogP contribution in [0.2, 0.25) is 0 Å². The summed E-state index contributed by atoms with van der Waals surface area (Å²) in [4.78, 5) is 17.1. The predicted octanol–water partition coefficient (Wildman–Crippen LogP) is 6.93. The molecule has 0 unspecified atom stereocenters. The molecule has 0 fully saturated rings. The Bertz CT molecular complexity index is 1190. The first-order valence-corrected chi connectivity index (χ1v) is 10.2. The fourth-order valence-electron chi connectivity index (χ4n) is 2.79. The number of nitrogens with zero attached hydrogens (tertiary/aromatic N) is 1. The maximum absolute atomic E-state index is 14.1. The first kappa shape index (κ1) is 19.5. The molecule has 0 aliphatic heterocycles. The molecular weight excluding hydrogens is 503 g/mol. The third-order valence-corrected chi connectivity index (χ3v) is 5.24. The molecule has 0 radical (unpaired) electrons. The Morgan fingerprint density at radius 3 is 2.45 bits per heavy atom. The second kappa shape index (κ2) is 8.31. The molecule has 0 aliphatic rings. The lowest BCUT2D eigenvalue weighted by atomic mass is 10.1. The molecule has 1 heterocycles. The van der Waals surface area contributed by atoms with E-state index in [4.69, 9.17) is 4.42 Å². The number of oxazole rings is 1. The summed E-state index contributed by atoms with van der Waals surface area (Å²) in [6, 6.07) is 19.0. The van der Waals surface area contributed by atoms with Gasteiger partial charge in [-0.3, -0.25) is 4.79 Å².